The average Bonchev–Trinajstić information content (AvgIpc) is 2.53. The number of nitrogens with one attached hydrogen (secondary N) is 1. The lowest BCUT2D eigenvalue weighted by atomic mass is 10.1. The second-order valence-electron chi connectivity index (χ2n) is 5.64. The van der Waals surface area contributed by atoms with Crippen LogP contribution in [0.1, 0.15) is 27.7 Å². The van der Waals surface area contributed by atoms with E-state index >= 15 is 0 Å². The van der Waals surface area contributed by atoms with E-state index in [0.29, 0.717) is 12.6 Å². The molecule has 0 aliphatic heterocycles. The van der Waals surface area contributed by atoms with Gasteiger partial charge in [-0.05, 0) is 50.3 Å². The molecule has 2 heterocycles. The molecule has 0 unspecified atom stereocenters. The molecule has 0 spiro atoms. The van der Waals surface area contributed by atoms with Crippen molar-refractivity contribution in [2.45, 2.75) is 45.9 Å². The maximum atomic E-state index is 9.97. The van der Waals surface area contributed by atoms with E-state index in [1.54, 1.807) is 20.2 Å². The summed E-state index contributed by atoms with van der Waals surface area (Å²) in [6, 6.07) is 0.312. The van der Waals surface area contributed by atoms with Crippen LogP contribution in [-0.2, 0) is 6.54 Å². The number of anilines is 1. The van der Waals surface area contributed by atoms with Crippen LogP contribution >= 0.6 is 22.6 Å². The van der Waals surface area contributed by atoms with Gasteiger partial charge in [-0.25, -0.2) is 9.97 Å². The Labute approximate surface area is 126 Å². The molecule has 0 amide bonds. The Hall–Kier alpha value is -0.890. The lowest BCUT2D eigenvalue weighted by molar-refractivity contribution is 0.0626. The zero-order valence-corrected chi connectivity index (χ0v) is 13.8. The molecule has 6 heteroatoms. The second kappa shape index (κ2) is 5.24. The van der Waals surface area contributed by atoms with Crippen LogP contribution in [0.2, 0.25) is 0 Å². The first-order valence-corrected chi connectivity index (χ1v) is 7.34. The Kier molecular flexibility index (Phi) is 4.00. The van der Waals surface area contributed by atoms with Gasteiger partial charge in [0.25, 0.3) is 0 Å². The predicted molar refractivity (Wildman–Crippen MR) is 85.3 cm³/mol. The van der Waals surface area contributed by atoms with Crippen LogP contribution in [0.15, 0.2) is 12.5 Å². The van der Waals surface area contributed by atoms with Crippen LogP contribution in [0.4, 0.5) is 5.82 Å². The first-order chi connectivity index (χ1) is 8.78. The lowest BCUT2D eigenvalue weighted by Gasteiger charge is -2.18. The van der Waals surface area contributed by atoms with E-state index in [4.69, 9.17) is 0 Å². The highest BCUT2D eigenvalue weighted by Crippen LogP contribution is 2.28. The molecule has 0 atom stereocenters. The zero-order valence-electron chi connectivity index (χ0n) is 11.6. The summed E-state index contributed by atoms with van der Waals surface area (Å²) in [7, 11) is 0. The third kappa shape index (κ3) is 3.36. The van der Waals surface area contributed by atoms with E-state index in [1.807, 2.05) is 10.8 Å². The van der Waals surface area contributed by atoms with Gasteiger partial charge in [-0.15, -0.1) is 0 Å². The standard InChI is InChI=1S/C13H19IN4O/c1-8(2)17-11-10-9(14)5-18(6-13(3,4)19)12(10)16-7-15-11/h5,7-8,19H,6H2,1-4H3,(H,15,16,17). The maximum Gasteiger partial charge on any atom is 0.146 e. The maximum absolute atomic E-state index is 9.97. The molecule has 0 aliphatic carbocycles. The first-order valence-electron chi connectivity index (χ1n) is 6.26. The summed E-state index contributed by atoms with van der Waals surface area (Å²) in [6.45, 7) is 8.24. The highest BCUT2D eigenvalue weighted by Gasteiger charge is 2.19. The fourth-order valence-corrected chi connectivity index (χ4v) is 2.83. The number of aromatic nitrogens is 3. The number of rotatable bonds is 4. The molecule has 5 nitrogen and oxygen atoms in total. The minimum absolute atomic E-state index is 0.312. The SMILES string of the molecule is CC(C)Nc1ncnc2c1c(I)cn2CC(C)(C)O. The van der Waals surface area contributed by atoms with Crippen molar-refractivity contribution in [3.05, 3.63) is 16.1 Å². The fraction of sp³-hybridized carbons (Fsp3) is 0.538. The van der Waals surface area contributed by atoms with E-state index in [1.165, 1.54) is 0 Å². The topological polar surface area (TPSA) is 63.0 Å². The van der Waals surface area contributed by atoms with Crippen molar-refractivity contribution in [2.24, 2.45) is 0 Å². The number of halogens is 1. The zero-order chi connectivity index (χ0) is 14.2. The highest BCUT2D eigenvalue weighted by molar-refractivity contribution is 14.1. The monoisotopic (exact) mass is 374 g/mol. The molecule has 0 aliphatic rings. The summed E-state index contributed by atoms with van der Waals surface area (Å²) in [4.78, 5) is 8.66. The van der Waals surface area contributed by atoms with Crippen LogP contribution < -0.4 is 5.32 Å². The molecule has 104 valence electrons. The van der Waals surface area contributed by atoms with Crippen molar-refractivity contribution in [1.82, 2.24) is 14.5 Å². The minimum Gasteiger partial charge on any atom is -0.389 e. The van der Waals surface area contributed by atoms with Gasteiger partial charge in [0.05, 0.1) is 17.5 Å². The van der Waals surface area contributed by atoms with Crippen LogP contribution in [0, 0.1) is 3.57 Å². The van der Waals surface area contributed by atoms with Crippen molar-refractivity contribution in [3.63, 3.8) is 0 Å². The quantitative estimate of drug-likeness (QED) is 0.808. The van der Waals surface area contributed by atoms with Gasteiger partial charge >= 0.3 is 0 Å². The molecule has 0 bridgehead atoms. The molecule has 2 aromatic rings. The van der Waals surface area contributed by atoms with Gasteiger partial charge in [0.1, 0.15) is 17.8 Å². The third-order valence-electron chi connectivity index (χ3n) is 2.59. The fourth-order valence-electron chi connectivity index (χ4n) is 2.00. The number of aliphatic hydroxyl groups is 1. The summed E-state index contributed by atoms with van der Waals surface area (Å²) in [5.74, 6) is 0.846. The van der Waals surface area contributed by atoms with E-state index in [0.717, 1.165) is 20.4 Å². The summed E-state index contributed by atoms with van der Waals surface area (Å²) in [6.07, 6.45) is 3.56. The van der Waals surface area contributed by atoms with Gasteiger partial charge in [0, 0.05) is 15.8 Å². The van der Waals surface area contributed by atoms with E-state index < -0.39 is 5.60 Å². The molecule has 0 aromatic carbocycles. The molecular formula is C13H19IN4O. The Morgan fingerprint density at radius 3 is 2.68 bits per heavy atom. The van der Waals surface area contributed by atoms with Crippen LogP contribution in [0.3, 0.4) is 0 Å². The van der Waals surface area contributed by atoms with Crippen LogP contribution in [0.5, 0.6) is 0 Å². The number of hydrogen-bond donors (Lipinski definition) is 2. The second-order valence-corrected chi connectivity index (χ2v) is 6.80. The molecule has 0 saturated heterocycles. The predicted octanol–water partition coefficient (Wildman–Crippen LogP) is 2.63. The van der Waals surface area contributed by atoms with Crippen molar-refractivity contribution < 1.29 is 5.11 Å². The smallest absolute Gasteiger partial charge is 0.146 e. The van der Waals surface area contributed by atoms with Crippen LogP contribution in [-0.4, -0.2) is 31.3 Å². The molecular weight excluding hydrogens is 355 g/mol. The van der Waals surface area contributed by atoms with E-state index in [9.17, 15) is 5.11 Å². The molecule has 19 heavy (non-hydrogen) atoms. The number of nitrogens with zero attached hydrogens (tertiary/aromatic N) is 3. The average molecular weight is 374 g/mol. The minimum atomic E-state index is -0.772. The van der Waals surface area contributed by atoms with Gasteiger partial charge < -0.3 is 15.0 Å². The Morgan fingerprint density at radius 1 is 1.42 bits per heavy atom. The summed E-state index contributed by atoms with van der Waals surface area (Å²) in [5.41, 5.74) is 0.0793. The molecule has 2 rings (SSSR count). The van der Waals surface area contributed by atoms with Crippen LogP contribution in [0.25, 0.3) is 11.0 Å². The Bertz CT molecular complexity index is 586. The van der Waals surface area contributed by atoms with Gasteiger partial charge in [0.15, 0.2) is 0 Å². The van der Waals surface area contributed by atoms with Gasteiger partial charge in [-0.1, -0.05) is 0 Å². The Balaban J connectivity index is 2.53. The lowest BCUT2D eigenvalue weighted by Crippen LogP contribution is -2.25. The summed E-state index contributed by atoms with van der Waals surface area (Å²) < 4.78 is 3.06. The molecule has 2 N–H and O–H groups in total. The molecule has 0 radical (unpaired) electrons. The third-order valence-corrected chi connectivity index (χ3v) is 3.41. The molecule has 0 saturated carbocycles. The van der Waals surface area contributed by atoms with E-state index in [2.05, 4.69) is 51.7 Å². The Morgan fingerprint density at radius 2 is 2.11 bits per heavy atom. The normalized spacial score (nSPS) is 12.4. The number of hydrogen-bond acceptors (Lipinski definition) is 4. The van der Waals surface area contributed by atoms with Gasteiger partial charge in [0.2, 0.25) is 0 Å². The first kappa shape index (κ1) is 14.5. The summed E-state index contributed by atoms with van der Waals surface area (Å²) in [5, 5.41) is 14.3. The van der Waals surface area contributed by atoms with Crippen molar-refractivity contribution in [1.29, 1.82) is 0 Å². The van der Waals surface area contributed by atoms with Crippen molar-refractivity contribution in [2.75, 3.05) is 5.32 Å². The molecule has 0 fully saturated rings. The van der Waals surface area contributed by atoms with Gasteiger partial charge in [-0.3, -0.25) is 0 Å². The van der Waals surface area contributed by atoms with E-state index in [-0.39, 0.29) is 0 Å². The van der Waals surface area contributed by atoms with Crippen molar-refractivity contribution in [3.8, 4) is 0 Å². The number of fused-ring (bicyclic) bond motifs is 1. The highest BCUT2D eigenvalue weighted by atomic mass is 127. The van der Waals surface area contributed by atoms with Gasteiger partial charge in [-0.2, -0.15) is 0 Å². The molecule has 2 aromatic heterocycles. The largest absolute Gasteiger partial charge is 0.389 e. The van der Waals surface area contributed by atoms with Crippen molar-refractivity contribution >= 4 is 39.4 Å². The summed E-state index contributed by atoms with van der Waals surface area (Å²) >= 11 is 2.28.